The van der Waals surface area contributed by atoms with Crippen molar-refractivity contribution in [1.29, 1.82) is 0 Å². The minimum absolute atomic E-state index is 0.0484. The number of ether oxygens (including phenoxy) is 3. The summed E-state index contributed by atoms with van der Waals surface area (Å²) >= 11 is 0. The maximum absolute atomic E-state index is 12.5. The van der Waals surface area contributed by atoms with Gasteiger partial charge in [0, 0.05) is 0 Å². The summed E-state index contributed by atoms with van der Waals surface area (Å²) in [4.78, 5) is 24.7. The van der Waals surface area contributed by atoms with Crippen LogP contribution in [0.3, 0.4) is 0 Å². The summed E-state index contributed by atoms with van der Waals surface area (Å²) in [6.45, 7) is -0.599. The SMILES string of the molecule is COc1cccc(OC)c1C(=O)OCCN1C(=O)c2ccccc2S1(=O)=O. The molecule has 2 aromatic rings. The number of benzene rings is 2. The van der Waals surface area contributed by atoms with E-state index < -0.39 is 21.9 Å². The molecule has 2 aromatic carbocycles. The highest BCUT2D eigenvalue weighted by atomic mass is 32.2. The molecule has 9 heteroatoms. The van der Waals surface area contributed by atoms with Gasteiger partial charge in [-0.3, -0.25) is 4.79 Å². The van der Waals surface area contributed by atoms with E-state index in [0.717, 1.165) is 0 Å². The number of methoxy groups -OCH3 is 2. The van der Waals surface area contributed by atoms with E-state index in [1.165, 1.54) is 26.4 Å². The zero-order valence-electron chi connectivity index (χ0n) is 14.7. The smallest absolute Gasteiger partial charge is 0.345 e. The van der Waals surface area contributed by atoms with Gasteiger partial charge in [0.2, 0.25) is 0 Å². The Morgan fingerprint density at radius 3 is 2.22 bits per heavy atom. The maximum atomic E-state index is 12.5. The zero-order chi connectivity index (χ0) is 19.6. The number of esters is 1. The van der Waals surface area contributed by atoms with Crippen LogP contribution in [0.1, 0.15) is 20.7 Å². The molecule has 0 radical (unpaired) electrons. The van der Waals surface area contributed by atoms with Crippen LogP contribution in [-0.2, 0) is 14.8 Å². The Hall–Kier alpha value is -3.07. The minimum atomic E-state index is -3.94. The first-order chi connectivity index (χ1) is 12.9. The third-order valence-electron chi connectivity index (χ3n) is 4.07. The Balaban J connectivity index is 1.73. The molecule has 0 aliphatic carbocycles. The predicted molar refractivity (Wildman–Crippen MR) is 94.5 cm³/mol. The molecule has 0 fully saturated rings. The van der Waals surface area contributed by atoms with Crippen LogP contribution in [0, 0.1) is 0 Å². The van der Waals surface area contributed by atoms with Crippen molar-refractivity contribution in [3.63, 3.8) is 0 Å². The Morgan fingerprint density at radius 2 is 1.63 bits per heavy atom. The van der Waals surface area contributed by atoms with Crippen molar-refractivity contribution in [3.8, 4) is 11.5 Å². The molecule has 3 rings (SSSR count). The van der Waals surface area contributed by atoms with Crippen LogP contribution in [0.2, 0.25) is 0 Å². The molecule has 0 aromatic heterocycles. The van der Waals surface area contributed by atoms with Crippen molar-refractivity contribution < 1.29 is 32.2 Å². The fourth-order valence-electron chi connectivity index (χ4n) is 2.80. The Bertz CT molecular complexity index is 978. The number of fused-ring (bicyclic) bond motifs is 1. The van der Waals surface area contributed by atoms with Crippen LogP contribution < -0.4 is 9.47 Å². The van der Waals surface area contributed by atoms with Gasteiger partial charge in [0.1, 0.15) is 28.6 Å². The van der Waals surface area contributed by atoms with Gasteiger partial charge in [-0.25, -0.2) is 17.5 Å². The fourth-order valence-corrected chi connectivity index (χ4v) is 4.35. The zero-order valence-corrected chi connectivity index (χ0v) is 15.5. The summed E-state index contributed by atoms with van der Waals surface area (Å²) in [5.41, 5.74) is 0.191. The number of amides is 1. The van der Waals surface area contributed by atoms with E-state index in [1.807, 2.05) is 0 Å². The van der Waals surface area contributed by atoms with E-state index in [4.69, 9.17) is 14.2 Å². The summed E-state index contributed by atoms with van der Waals surface area (Å²) in [7, 11) is -1.14. The summed E-state index contributed by atoms with van der Waals surface area (Å²) < 4.78 is 41.1. The highest BCUT2D eigenvalue weighted by Crippen LogP contribution is 2.30. The standard InChI is InChI=1S/C18H17NO7S/c1-24-13-7-5-8-14(25-2)16(13)18(21)26-11-10-19-17(20)12-6-3-4-9-15(12)27(19,22)23/h3-9H,10-11H2,1-2H3. The molecule has 142 valence electrons. The lowest BCUT2D eigenvalue weighted by Crippen LogP contribution is -2.33. The number of hydrogen-bond acceptors (Lipinski definition) is 7. The van der Waals surface area contributed by atoms with Crippen LogP contribution in [0.25, 0.3) is 0 Å². The van der Waals surface area contributed by atoms with Crippen molar-refractivity contribution in [2.45, 2.75) is 4.90 Å². The van der Waals surface area contributed by atoms with E-state index in [1.54, 1.807) is 30.3 Å². The first kappa shape index (κ1) is 18.7. The number of carbonyl (C=O) groups is 2. The molecule has 1 heterocycles. The van der Waals surface area contributed by atoms with Gasteiger partial charge in [0.15, 0.2) is 0 Å². The van der Waals surface area contributed by atoms with Crippen LogP contribution in [-0.4, -0.2) is 52.0 Å². The van der Waals surface area contributed by atoms with E-state index in [-0.39, 0.29) is 40.7 Å². The van der Waals surface area contributed by atoms with Gasteiger partial charge in [-0.15, -0.1) is 0 Å². The third-order valence-corrected chi connectivity index (χ3v) is 5.91. The minimum Gasteiger partial charge on any atom is -0.496 e. The van der Waals surface area contributed by atoms with Gasteiger partial charge in [-0.1, -0.05) is 18.2 Å². The molecule has 27 heavy (non-hydrogen) atoms. The van der Waals surface area contributed by atoms with Crippen molar-refractivity contribution in [2.24, 2.45) is 0 Å². The lowest BCUT2D eigenvalue weighted by Gasteiger charge is -2.16. The number of hydrogen-bond donors (Lipinski definition) is 0. The van der Waals surface area contributed by atoms with Gasteiger partial charge in [-0.2, -0.15) is 0 Å². The molecule has 0 unspecified atom stereocenters. The second kappa shape index (κ2) is 7.28. The van der Waals surface area contributed by atoms with Crippen molar-refractivity contribution in [2.75, 3.05) is 27.4 Å². The first-order valence-electron chi connectivity index (χ1n) is 7.96. The van der Waals surface area contributed by atoms with Gasteiger partial charge < -0.3 is 14.2 Å². The Morgan fingerprint density at radius 1 is 1.00 bits per heavy atom. The van der Waals surface area contributed by atoms with Gasteiger partial charge in [0.05, 0.1) is 26.3 Å². The summed E-state index contributed by atoms with van der Waals surface area (Å²) in [6, 6.07) is 10.7. The van der Waals surface area contributed by atoms with Crippen molar-refractivity contribution >= 4 is 21.9 Å². The average Bonchev–Trinajstić information content (AvgIpc) is 2.88. The van der Waals surface area contributed by atoms with Crippen LogP contribution in [0.5, 0.6) is 11.5 Å². The summed E-state index contributed by atoms with van der Waals surface area (Å²) in [5.74, 6) is -0.865. The molecule has 0 atom stereocenters. The van der Waals surface area contributed by atoms with E-state index >= 15 is 0 Å². The molecule has 1 aliphatic rings. The maximum Gasteiger partial charge on any atom is 0.345 e. The molecule has 1 aliphatic heterocycles. The van der Waals surface area contributed by atoms with Crippen LogP contribution in [0.4, 0.5) is 0 Å². The lowest BCUT2D eigenvalue weighted by atomic mass is 10.2. The predicted octanol–water partition coefficient (Wildman–Crippen LogP) is 1.71. The van der Waals surface area contributed by atoms with Crippen molar-refractivity contribution in [1.82, 2.24) is 4.31 Å². The van der Waals surface area contributed by atoms with E-state index in [0.29, 0.717) is 4.31 Å². The molecule has 8 nitrogen and oxygen atoms in total. The molecule has 0 saturated heterocycles. The molecule has 0 bridgehead atoms. The Labute approximate surface area is 156 Å². The molecule has 0 N–H and O–H groups in total. The normalized spacial score (nSPS) is 14.6. The highest BCUT2D eigenvalue weighted by Gasteiger charge is 2.40. The number of sulfonamides is 1. The molecule has 1 amide bonds. The average molecular weight is 391 g/mol. The topological polar surface area (TPSA) is 99.2 Å². The van der Waals surface area contributed by atoms with Crippen LogP contribution >= 0.6 is 0 Å². The van der Waals surface area contributed by atoms with Gasteiger partial charge in [-0.05, 0) is 24.3 Å². The van der Waals surface area contributed by atoms with E-state index in [9.17, 15) is 18.0 Å². The Kier molecular flexibility index (Phi) is 5.04. The van der Waals surface area contributed by atoms with Crippen molar-refractivity contribution in [3.05, 3.63) is 53.6 Å². The lowest BCUT2D eigenvalue weighted by molar-refractivity contribution is 0.0470. The second-order valence-corrected chi connectivity index (χ2v) is 7.38. The highest BCUT2D eigenvalue weighted by molar-refractivity contribution is 7.90. The summed E-state index contributed by atoms with van der Waals surface area (Å²) in [5, 5.41) is 0. The monoisotopic (exact) mass is 391 g/mol. The molecular formula is C18H17NO7S. The number of nitrogens with zero attached hydrogens (tertiary/aromatic N) is 1. The van der Waals surface area contributed by atoms with Crippen LogP contribution in [0.15, 0.2) is 47.4 Å². The fraction of sp³-hybridized carbons (Fsp3) is 0.222. The number of rotatable bonds is 6. The molecule has 0 saturated carbocycles. The van der Waals surface area contributed by atoms with Gasteiger partial charge >= 0.3 is 5.97 Å². The molecule has 0 spiro atoms. The number of carbonyl (C=O) groups excluding carboxylic acids is 2. The first-order valence-corrected chi connectivity index (χ1v) is 9.40. The second-order valence-electron chi connectivity index (χ2n) is 5.55. The van der Waals surface area contributed by atoms with E-state index in [2.05, 4.69) is 0 Å². The summed E-state index contributed by atoms with van der Waals surface area (Å²) in [6.07, 6.45) is 0. The largest absolute Gasteiger partial charge is 0.496 e. The molecular weight excluding hydrogens is 374 g/mol. The quantitative estimate of drug-likeness (QED) is 0.691. The third kappa shape index (κ3) is 3.21. The van der Waals surface area contributed by atoms with Gasteiger partial charge in [0.25, 0.3) is 15.9 Å².